The van der Waals surface area contributed by atoms with Crippen LogP contribution in [0.4, 0.5) is 0 Å². The van der Waals surface area contributed by atoms with Crippen molar-refractivity contribution < 1.29 is 18.7 Å². The minimum atomic E-state index is -0.336. The van der Waals surface area contributed by atoms with Crippen LogP contribution in [-0.2, 0) is 9.59 Å². The molecular formula is C21H27N3O4. The number of furan rings is 1. The summed E-state index contributed by atoms with van der Waals surface area (Å²) < 4.78 is 10.9. The van der Waals surface area contributed by atoms with E-state index in [1.807, 2.05) is 30.3 Å². The number of carbonyl (C=O) groups is 2. The van der Waals surface area contributed by atoms with Crippen LogP contribution in [0, 0.1) is 0 Å². The second kappa shape index (κ2) is 10.5. The van der Waals surface area contributed by atoms with Gasteiger partial charge < -0.3 is 19.8 Å². The van der Waals surface area contributed by atoms with Gasteiger partial charge in [-0.2, -0.15) is 0 Å². The van der Waals surface area contributed by atoms with E-state index in [4.69, 9.17) is 9.15 Å². The summed E-state index contributed by atoms with van der Waals surface area (Å²) in [6.45, 7) is 2.23. The molecule has 1 aliphatic rings. The predicted octanol–water partition coefficient (Wildman–Crippen LogP) is 2.12. The minimum Gasteiger partial charge on any atom is -0.484 e. The lowest BCUT2D eigenvalue weighted by atomic mass is 10.1. The van der Waals surface area contributed by atoms with Gasteiger partial charge in [-0.3, -0.25) is 14.5 Å². The third-order valence-corrected chi connectivity index (χ3v) is 4.75. The molecule has 1 fully saturated rings. The number of hydrogen-bond acceptors (Lipinski definition) is 5. The molecule has 0 bridgehead atoms. The van der Waals surface area contributed by atoms with Gasteiger partial charge in [0.05, 0.1) is 18.8 Å². The molecule has 3 rings (SSSR count). The quantitative estimate of drug-likeness (QED) is 0.691. The van der Waals surface area contributed by atoms with Crippen LogP contribution in [0.25, 0.3) is 0 Å². The molecule has 0 saturated carbocycles. The molecule has 7 nitrogen and oxygen atoms in total. The zero-order valence-electron chi connectivity index (χ0n) is 15.9. The third-order valence-electron chi connectivity index (χ3n) is 4.75. The van der Waals surface area contributed by atoms with Crippen molar-refractivity contribution >= 4 is 11.8 Å². The molecule has 1 unspecified atom stereocenters. The van der Waals surface area contributed by atoms with Crippen molar-refractivity contribution in [2.24, 2.45) is 0 Å². The number of nitrogens with one attached hydrogen (secondary N) is 2. The first kappa shape index (κ1) is 19.9. The molecule has 2 amide bonds. The van der Waals surface area contributed by atoms with E-state index in [1.54, 1.807) is 18.4 Å². The van der Waals surface area contributed by atoms with Gasteiger partial charge in [0, 0.05) is 6.54 Å². The largest absolute Gasteiger partial charge is 0.484 e. The van der Waals surface area contributed by atoms with Gasteiger partial charge in [0.15, 0.2) is 6.61 Å². The number of nitrogens with zero attached hydrogens (tertiary/aromatic N) is 1. The van der Waals surface area contributed by atoms with Crippen molar-refractivity contribution in [2.75, 3.05) is 32.8 Å². The molecule has 1 aromatic heterocycles. The Kier molecular flexibility index (Phi) is 7.49. The highest BCUT2D eigenvalue weighted by atomic mass is 16.5. The van der Waals surface area contributed by atoms with Crippen LogP contribution in [0.1, 0.15) is 31.1 Å². The normalized spacial score (nSPS) is 15.6. The van der Waals surface area contributed by atoms with Crippen LogP contribution in [0.2, 0.25) is 0 Å². The summed E-state index contributed by atoms with van der Waals surface area (Å²) in [4.78, 5) is 26.4. The Bertz CT molecular complexity index is 727. The molecule has 1 saturated heterocycles. The van der Waals surface area contributed by atoms with Gasteiger partial charge in [-0.1, -0.05) is 24.6 Å². The lowest BCUT2D eigenvalue weighted by Crippen LogP contribution is -2.44. The molecule has 1 aliphatic heterocycles. The second-order valence-electron chi connectivity index (χ2n) is 6.81. The van der Waals surface area contributed by atoms with Crippen LogP contribution in [0.3, 0.4) is 0 Å². The number of ether oxygens (including phenoxy) is 1. The number of likely N-dealkylation sites (tertiary alicyclic amines) is 1. The summed E-state index contributed by atoms with van der Waals surface area (Å²) in [5.74, 6) is 0.895. The first-order valence-corrected chi connectivity index (χ1v) is 9.71. The molecule has 1 aromatic carbocycles. The van der Waals surface area contributed by atoms with Gasteiger partial charge in [0.2, 0.25) is 5.91 Å². The highest BCUT2D eigenvalue weighted by Gasteiger charge is 2.24. The standard InChI is InChI=1S/C21H27N3O4/c25-20(15-23-21(26)16-28-17-8-3-1-4-9-17)22-14-18(19-10-7-13-27-19)24-11-5-2-6-12-24/h1,3-4,7-10,13,18H,2,5-6,11-12,14-16H2,(H,22,25)(H,23,26). The lowest BCUT2D eigenvalue weighted by molar-refractivity contribution is -0.127. The Labute approximate surface area is 165 Å². The van der Waals surface area contributed by atoms with Gasteiger partial charge in [0.25, 0.3) is 5.91 Å². The lowest BCUT2D eigenvalue weighted by Gasteiger charge is -2.33. The highest BCUT2D eigenvalue weighted by Crippen LogP contribution is 2.24. The molecule has 0 radical (unpaired) electrons. The van der Waals surface area contributed by atoms with E-state index in [0.29, 0.717) is 12.3 Å². The van der Waals surface area contributed by atoms with Crippen LogP contribution in [-0.4, -0.2) is 49.5 Å². The molecule has 2 N–H and O–H groups in total. The summed E-state index contributed by atoms with van der Waals surface area (Å²) in [6.07, 6.45) is 5.21. The minimum absolute atomic E-state index is 0.0105. The number of para-hydroxylation sites is 1. The van der Waals surface area contributed by atoms with E-state index in [0.717, 1.165) is 31.7 Å². The summed E-state index contributed by atoms with van der Waals surface area (Å²) in [7, 11) is 0. The zero-order valence-corrected chi connectivity index (χ0v) is 15.9. The van der Waals surface area contributed by atoms with Gasteiger partial charge in [-0.05, 0) is 50.2 Å². The van der Waals surface area contributed by atoms with Gasteiger partial charge in [-0.25, -0.2) is 0 Å². The van der Waals surface area contributed by atoms with Crippen molar-refractivity contribution in [2.45, 2.75) is 25.3 Å². The first-order valence-electron chi connectivity index (χ1n) is 9.71. The highest BCUT2D eigenvalue weighted by molar-refractivity contribution is 5.85. The molecule has 28 heavy (non-hydrogen) atoms. The fourth-order valence-electron chi connectivity index (χ4n) is 3.29. The molecular weight excluding hydrogens is 358 g/mol. The van der Waals surface area contributed by atoms with Crippen molar-refractivity contribution in [3.05, 3.63) is 54.5 Å². The Morgan fingerprint density at radius 1 is 1.00 bits per heavy atom. The summed E-state index contributed by atoms with van der Waals surface area (Å²) in [6, 6.07) is 12.9. The summed E-state index contributed by atoms with van der Waals surface area (Å²) in [5.41, 5.74) is 0. The maximum absolute atomic E-state index is 12.2. The van der Waals surface area contributed by atoms with Crippen LogP contribution >= 0.6 is 0 Å². The molecule has 1 atom stereocenters. The number of piperidine rings is 1. The Morgan fingerprint density at radius 2 is 1.79 bits per heavy atom. The molecule has 2 aromatic rings. The van der Waals surface area contributed by atoms with Crippen molar-refractivity contribution in [3.8, 4) is 5.75 Å². The Morgan fingerprint density at radius 3 is 2.50 bits per heavy atom. The van der Waals surface area contributed by atoms with E-state index in [-0.39, 0.29) is 31.0 Å². The SMILES string of the molecule is O=C(CNC(=O)COc1ccccc1)NCC(c1ccco1)N1CCCCC1. The van der Waals surface area contributed by atoms with E-state index < -0.39 is 0 Å². The van der Waals surface area contributed by atoms with Crippen molar-refractivity contribution in [3.63, 3.8) is 0 Å². The Hall–Kier alpha value is -2.80. The first-order chi connectivity index (χ1) is 13.7. The number of hydrogen-bond donors (Lipinski definition) is 2. The van der Waals surface area contributed by atoms with E-state index >= 15 is 0 Å². The molecule has 2 heterocycles. The number of rotatable bonds is 9. The van der Waals surface area contributed by atoms with Crippen LogP contribution < -0.4 is 15.4 Å². The van der Waals surface area contributed by atoms with E-state index in [2.05, 4.69) is 15.5 Å². The molecule has 0 aliphatic carbocycles. The molecule has 150 valence electrons. The van der Waals surface area contributed by atoms with Crippen LogP contribution in [0.5, 0.6) is 5.75 Å². The van der Waals surface area contributed by atoms with E-state index in [1.165, 1.54) is 6.42 Å². The summed E-state index contributed by atoms with van der Waals surface area (Å²) in [5, 5.41) is 5.48. The smallest absolute Gasteiger partial charge is 0.258 e. The number of benzene rings is 1. The van der Waals surface area contributed by atoms with Crippen molar-refractivity contribution in [1.82, 2.24) is 15.5 Å². The third kappa shape index (κ3) is 6.13. The van der Waals surface area contributed by atoms with Crippen molar-refractivity contribution in [1.29, 1.82) is 0 Å². The Balaban J connectivity index is 1.41. The average molecular weight is 385 g/mol. The number of carbonyl (C=O) groups excluding carboxylic acids is 2. The maximum Gasteiger partial charge on any atom is 0.258 e. The second-order valence-corrected chi connectivity index (χ2v) is 6.81. The maximum atomic E-state index is 12.2. The summed E-state index contributed by atoms with van der Waals surface area (Å²) >= 11 is 0. The average Bonchev–Trinajstić information content (AvgIpc) is 3.27. The molecule has 0 spiro atoms. The fraction of sp³-hybridized carbons (Fsp3) is 0.429. The van der Waals surface area contributed by atoms with Gasteiger partial charge >= 0.3 is 0 Å². The zero-order chi connectivity index (χ0) is 19.6. The van der Waals surface area contributed by atoms with Crippen LogP contribution in [0.15, 0.2) is 53.1 Å². The molecule has 7 heteroatoms. The fourth-order valence-corrected chi connectivity index (χ4v) is 3.29. The van der Waals surface area contributed by atoms with Gasteiger partial charge in [-0.15, -0.1) is 0 Å². The topological polar surface area (TPSA) is 83.8 Å². The van der Waals surface area contributed by atoms with Gasteiger partial charge in [0.1, 0.15) is 11.5 Å². The monoisotopic (exact) mass is 385 g/mol. The van der Waals surface area contributed by atoms with E-state index in [9.17, 15) is 9.59 Å². The number of amides is 2. The predicted molar refractivity (Wildman–Crippen MR) is 105 cm³/mol.